The van der Waals surface area contributed by atoms with E-state index in [0.717, 1.165) is 37.0 Å². The number of hydrogen-bond donors (Lipinski definition) is 1. The Hall–Kier alpha value is -2.38. The third kappa shape index (κ3) is 3.52. The van der Waals surface area contributed by atoms with Crippen LogP contribution in [0.1, 0.15) is 41.9 Å². The van der Waals surface area contributed by atoms with Crippen LogP contribution in [-0.4, -0.2) is 28.0 Å². The van der Waals surface area contributed by atoms with Crippen LogP contribution in [0.4, 0.5) is 5.69 Å². The molecule has 1 aliphatic carbocycles. The lowest BCUT2D eigenvalue weighted by atomic mass is 9.80. The minimum atomic E-state index is -3.80. The number of benzene rings is 2. The van der Waals surface area contributed by atoms with Gasteiger partial charge in [-0.3, -0.25) is 4.79 Å². The van der Waals surface area contributed by atoms with Gasteiger partial charge in [0.25, 0.3) is 0 Å². The Balaban J connectivity index is 1.57. The maximum Gasteiger partial charge on any atom is 0.238 e. The lowest BCUT2D eigenvalue weighted by Gasteiger charge is -2.27. The summed E-state index contributed by atoms with van der Waals surface area (Å²) < 4.78 is 28.7. The number of carbonyl (C=O) groups is 1. The van der Waals surface area contributed by atoms with E-state index in [2.05, 4.69) is 12.1 Å². The summed E-state index contributed by atoms with van der Waals surface area (Å²) in [4.78, 5) is 14.8. The van der Waals surface area contributed by atoms with Gasteiger partial charge in [-0.1, -0.05) is 12.1 Å². The molecule has 0 saturated heterocycles. The summed E-state index contributed by atoms with van der Waals surface area (Å²) >= 11 is 0. The minimum absolute atomic E-state index is 0.0268. The van der Waals surface area contributed by atoms with Crippen LogP contribution in [-0.2, 0) is 27.7 Å². The van der Waals surface area contributed by atoms with Crippen molar-refractivity contribution in [3.05, 3.63) is 53.1 Å². The fraction of sp³-hybridized carbons (Fsp3) is 0.381. The van der Waals surface area contributed by atoms with Gasteiger partial charge in [0.05, 0.1) is 12.0 Å². The molecule has 0 spiro atoms. The highest BCUT2D eigenvalue weighted by Gasteiger charge is 2.30. The van der Waals surface area contributed by atoms with Crippen molar-refractivity contribution in [1.29, 1.82) is 0 Å². The molecule has 2 aromatic rings. The third-order valence-corrected chi connectivity index (χ3v) is 6.70. The summed E-state index contributed by atoms with van der Waals surface area (Å²) in [7, 11) is -2.14. The molecule has 1 atom stereocenters. The highest BCUT2D eigenvalue weighted by atomic mass is 32.2. The molecule has 4 rings (SSSR count). The lowest BCUT2D eigenvalue weighted by Crippen LogP contribution is -2.31. The molecule has 148 valence electrons. The summed E-state index contributed by atoms with van der Waals surface area (Å²) in [6.45, 7) is 0.574. The first-order chi connectivity index (χ1) is 13.4. The van der Waals surface area contributed by atoms with Crippen LogP contribution in [0.15, 0.2) is 41.3 Å². The summed E-state index contributed by atoms with van der Waals surface area (Å²) in [5.41, 5.74) is 4.12. The van der Waals surface area contributed by atoms with E-state index in [1.807, 2.05) is 6.07 Å². The molecule has 2 aliphatic rings. The topological polar surface area (TPSA) is 89.7 Å². The number of sulfonamides is 1. The molecule has 1 heterocycles. The second-order valence-electron chi connectivity index (χ2n) is 7.49. The SMILES string of the molecule is COc1ccc2c(c1)CCCC2CC(=O)N1CCc2ccc(S(N)(=O)=O)cc21. The Labute approximate surface area is 165 Å². The van der Waals surface area contributed by atoms with Crippen LogP contribution in [0.2, 0.25) is 0 Å². The predicted octanol–water partition coefficient (Wildman–Crippen LogP) is 2.74. The van der Waals surface area contributed by atoms with Crippen molar-refractivity contribution in [3.8, 4) is 5.75 Å². The fourth-order valence-corrected chi connectivity index (χ4v) is 4.88. The number of primary sulfonamides is 1. The molecule has 0 radical (unpaired) electrons. The van der Waals surface area contributed by atoms with Gasteiger partial charge in [0.15, 0.2) is 0 Å². The van der Waals surface area contributed by atoms with E-state index in [1.165, 1.54) is 23.3 Å². The maximum absolute atomic E-state index is 13.1. The number of hydrogen-bond acceptors (Lipinski definition) is 4. The quantitative estimate of drug-likeness (QED) is 0.854. The van der Waals surface area contributed by atoms with E-state index in [1.54, 1.807) is 18.1 Å². The Morgan fingerprint density at radius 3 is 2.75 bits per heavy atom. The molecule has 7 heteroatoms. The van der Waals surface area contributed by atoms with E-state index < -0.39 is 10.0 Å². The molecule has 0 fully saturated rings. The van der Waals surface area contributed by atoms with E-state index in [9.17, 15) is 13.2 Å². The molecule has 2 N–H and O–H groups in total. The van der Waals surface area contributed by atoms with Crippen LogP contribution in [0.25, 0.3) is 0 Å². The van der Waals surface area contributed by atoms with Crippen molar-refractivity contribution >= 4 is 21.6 Å². The number of anilines is 1. The van der Waals surface area contributed by atoms with Gasteiger partial charge < -0.3 is 9.64 Å². The summed E-state index contributed by atoms with van der Waals surface area (Å²) in [6, 6.07) is 10.9. The van der Waals surface area contributed by atoms with Gasteiger partial charge in [0.2, 0.25) is 15.9 Å². The Morgan fingerprint density at radius 1 is 1.18 bits per heavy atom. The number of aryl methyl sites for hydroxylation is 1. The zero-order chi connectivity index (χ0) is 19.9. The second-order valence-corrected chi connectivity index (χ2v) is 9.05. The molecule has 1 unspecified atom stereocenters. The van der Waals surface area contributed by atoms with Crippen molar-refractivity contribution in [1.82, 2.24) is 0 Å². The first-order valence-corrected chi connectivity index (χ1v) is 11.0. The van der Waals surface area contributed by atoms with Crippen molar-refractivity contribution in [2.24, 2.45) is 5.14 Å². The van der Waals surface area contributed by atoms with Crippen LogP contribution in [0.5, 0.6) is 5.75 Å². The highest BCUT2D eigenvalue weighted by molar-refractivity contribution is 7.89. The number of fused-ring (bicyclic) bond motifs is 2. The number of nitrogens with two attached hydrogens (primary N) is 1. The van der Waals surface area contributed by atoms with Crippen LogP contribution in [0, 0.1) is 0 Å². The molecule has 0 aromatic heterocycles. The monoisotopic (exact) mass is 400 g/mol. The Bertz CT molecular complexity index is 1030. The van der Waals surface area contributed by atoms with E-state index in [0.29, 0.717) is 18.7 Å². The molecule has 6 nitrogen and oxygen atoms in total. The van der Waals surface area contributed by atoms with Gasteiger partial charge in [0, 0.05) is 18.7 Å². The van der Waals surface area contributed by atoms with Crippen molar-refractivity contribution in [2.45, 2.75) is 42.9 Å². The molecular weight excluding hydrogens is 376 g/mol. The number of methoxy groups -OCH3 is 1. The molecule has 1 amide bonds. The fourth-order valence-electron chi connectivity index (χ4n) is 4.35. The molecular formula is C21H24N2O4S. The van der Waals surface area contributed by atoms with Gasteiger partial charge in [-0.15, -0.1) is 0 Å². The zero-order valence-corrected chi connectivity index (χ0v) is 16.7. The van der Waals surface area contributed by atoms with Crippen molar-refractivity contribution in [2.75, 3.05) is 18.6 Å². The van der Waals surface area contributed by atoms with Crippen LogP contribution < -0.4 is 14.8 Å². The first kappa shape index (κ1) is 19.0. The standard InChI is InChI=1S/C21H24N2O4S/c1-27-17-6-8-19-15(11-17)3-2-4-16(19)12-21(24)23-10-9-14-5-7-18(13-20(14)23)28(22,25)26/h5-8,11,13,16H,2-4,9-10,12H2,1H3,(H2,22,25,26). The molecule has 1 aliphatic heterocycles. The number of ether oxygens (including phenoxy) is 1. The van der Waals surface area contributed by atoms with Gasteiger partial charge in [-0.2, -0.15) is 0 Å². The van der Waals surface area contributed by atoms with Crippen molar-refractivity contribution < 1.29 is 17.9 Å². The average Bonchev–Trinajstić information content (AvgIpc) is 3.10. The number of amides is 1. The molecule has 2 aromatic carbocycles. The Morgan fingerprint density at radius 2 is 2.00 bits per heavy atom. The summed E-state index contributed by atoms with van der Waals surface area (Å²) in [5.74, 6) is 1.04. The number of carbonyl (C=O) groups excluding carboxylic acids is 1. The summed E-state index contributed by atoms with van der Waals surface area (Å²) in [5, 5.41) is 5.26. The van der Waals surface area contributed by atoms with E-state index >= 15 is 0 Å². The van der Waals surface area contributed by atoms with Gasteiger partial charge in [0.1, 0.15) is 5.75 Å². The molecule has 0 bridgehead atoms. The predicted molar refractivity (Wildman–Crippen MR) is 107 cm³/mol. The Kier molecular flexibility index (Phi) is 4.89. The van der Waals surface area contributed by atoms with Crippen LogP contribution in [0.3, 0.4) is 0 Å². The van der Waals surface area contributed by atoms with E-state index in [-0.39, 0.29) is 16.7 Å². The third-order valence-electron chi connectivity index (χ3n) is 5.79. The summed E-state index contributed by atoms with van der Waals surface area (Å²) in [6.07, 6.45) is 4.16. The van der Waals surface area contributed by atoms with Crippen LogP contribution >= 0.6 is 0 Å². The smallest absolute Gasteiger partial charge is 0.238 e. The molecule has 0 saturated carbocycles. The van der Waals surface area contributed by atoms with Gasteiger partial charge in [-0.05, 0) is 72.6 Å². The average molecular weight is 401 g/mol. The highest BCUT2D eigenvalue weighted by Crippen LogP contribution is 2.38. The van der Waals surface area contributed by atoms with Gasteiger partial charge >= 0.3 is 0 Å². The number of rotatable bonds is 4. The number of nitrogens with zero attached hydrogens (tertiary/aromatic N) is 1. The normalized spacial score (nSPS) is 18.5. The maximum atomic E-state index is 13.1. The van der Waals surface area contributed by atoms with Crippen molar-refractivity contribution in [3.63, 3.8) is 0 Å². The largest absolute Gasteiger partial charge is 0.497 e. The van der Waals surface area contributed by atoms with E-state index in [4.69, 9.17) is 9.88 Å². The minimum Gasteiger partial charge on any atom is -0.497 e. The second kappa shape index (κ2) is 7.22. The lowest BCUT2D eigenvalue weighted by molar-refractivity contribution is -0.119. The zero-order valence-electron chi connectivity index (χ0n) is 15.8. The molecule has 28 heavy (non-hydrogen) atoms. The van der Waals surface area contributed by atoms with Gasteiger partial charge in [-0.25, -0.2) is 13.6 Å². The first-order valence-electron chi connectivity index (χ1n) is 9.49.